The summed E-state index contributed by atoms with van der Waals surface area (Å²) >= 11 is 0. The van der Waals surface area contributed by atoms with Gasteiger partial charge in [-0.15, -0.1) is 0 Å². The van der Waals surface area contributed by atoms with Crippen LogP contribution in [0.15, 0.2) is 35.3 Å². The zero-order chi connectivity index (χ0) is 10.8. The first-order valence-corrected chi connectivity index (χ1v) is 5.11. The van der Waals surface area contributed by atoms with Crippen molar-refractivity contribution in [1.82, 2.24) is 4.57 Å². The molecule has 1 aromatic carbocycles. The van der Waals surface area contributed by atoms with Gasteiger partial charge in [-0.05, 0) is 24.6 Å². The van der Waals surface area contributed by atoms with Gasteiger partial charge in [0.1, 0.15) is 0 Å². The average molecular weight is 202 g/mol. The van der Waals surface area contributed by atoms with Crippen LogP contribution in [-0.2, 0) is 6.54 Å². The van der Waals surface area contributed by atoms with Crippen LogP contribution in [0.3, 0.4) is 0 Å². The number of pyridine rings is 1. The van der Waals surface area contributed by atoms with Gasteiger partial charge < -0.3 is 10.3 Å². The molecule has 0 spiro atoms. The summed E-state index contributed by atoms with van der Waals surface area (Å²) in [5.41, 5.74) is 6.50. The van der Waals surface area contributed by atoms with Gasteiger partial charge in [0.2, 0.25) is 0 Å². The Morgan fingerprint density at radius 3 is 2.80 bits per heavy atom. The molecule has 0 fully saturated rings. The highest BCUT2D eigenvalue weighted by Crippen LogP contribution is 2.16. The van der Waals surface area contributed by atoms with Gasteiger partial charge in [-0.2, -0.15) is 0 Å². The van der Waals surface area contributed by atoms with Crippen LogP contribution in [0.1, 0.15) is 13.3 Å². The largest absolute Gasteiger partial charge is 0.398 e. The van der Waals surface area contributed by atoms with E-state index in [4.69, 9.17) is 5.73 Å². The Bertz CT molecular complexity index is 543. The summed E-state index contributed by atoms with van der Waals surface area (Å²) < 4.78 is 1.72. The lowest BCUT2D eigenvalue weighted by Crippen LogP contribution is -2.19. The Labute approximate surface area is 88.1 Å². The van der Waals surface area contributed by atoms with Crippen LogP contribution < -0.4 is 11.3 Å². The van der Waals surface area contributed by atoms with E-state index in [0.29, 0.717) is 11.1 Å². The third-order valence-electron chi connectivity index (χ3n) is 2.52. The molecule has 0 aliphatic carbocycles. The number of nitrogens with two attached hydrogens (primary N) is 1. The lowest BCUT2D eigenvalue weighted by molar-refractivity contribution is 0.659. The maximum absolute atomic E-state index is 12.0. The van der Waals surface area contributed by atoms with Crippen molar-refractivity contribution in [3.8, 4) is 0 Å². The average Bonchev–Trinajstić information content (AvgIpc) is 2.23. The predicted octanol–water partition coefficient (Wildman–Crippen LogP) is 1.99. The zero-order valence-electron chi connectivity index (χ0n) is 8.73. The summed E-state index contributed by atoms with van der Waals surface area (Å²) in [5, 5.41) is 1.54. The number of fused-ring (bicyclic) bond motifs is 1. The molecule has 2 rings (SSSR count). The number of nitrogen functional groups attached to an aromatic ring is 1. The van der Waals surface area contributed by atoms with E-state index in [-0.39, 0.29) is 5.56 Å². The van der Waals surface area contributed by atoms with Crippen LogP contribution in [0.2, 0.25) is 0 Å². The van der Waals surface area contributed by atoms with E-state index in [9.17, 15) is 4.79 Å². The minimum atomic E-state index is 0.0432. The lowest BCUT2D eigenvalue weighted by Gasteiger charge is -2.06. The van der Waals surface area contributed by atoms with Crippen molar-refractivity contribution in [3.05, 3.63) is 40.8 Å². The monoisotopic (exact) mass is 202 g/mol. The van der Waals surface area contributed by atoms with E-state index in [1.807, 2.05) is 30.5 Å². The summed E-state index contributed by atoms with van der Waals surface area (Å²) in [4.78, 5) is 12.0. The molecular formula is C12H14N2O. The second-order valence-corrected chi connectivity index (χ2v) is 3.62. The summed E-state index contributed by atoms with van der Waals surface area (Å²) in [6.45, 7) is 2.81. The number of hydrogen-bond acceptors (Lipinski definition) is 2. The van der Waals surface area contributed by atoms with Crippen molar-refractivity contribution in [3.63, 3.8) is 0 Å². The standard InChI is InChI=1S/C12H14N2O/c1-2-7-14-8-6-9-10(12(14)15)4-3-5-11(9)13/h3-6,8H,2,7,13H2,1H3. The quantitative estimate of drug-likeness (QED) is 0.757. The fourth-order valence-electron chi connectivity index (χ4n) is 1.76. The molecule has 2 N–H and O–H groups in total. The molecule has 0 amide bonds. The Hall–Kier alpha value is -1.77. The Kier molecular flexibility index (Phi) is 2.46. The number of hydrogen-bond donors (Lipinski definition) is 1. The van der Waals surface area contributed by atoms with Crippen LogP contribution in [0.5, 0.6) is 0 Å². The van der Waals surface area contributed by atoms with Crippen LogP contribution in [0, 0.1) is 0 Å². The third-order valence-corrected chi connectivity index (χ3v) is 2.52. The van der Waals surface area contributed by atoms with E-state index < -0.39 is 0 Å². The van der Waals surface area contributed by atoms with Gasteiger partial charge in [-0.1, -0.05) is 13.0 Å². The molecule has 3 nitrogen and oxygen atoms in total. The Morgan fingerprint density at radius 2 is 2.07 bits per heavy atom. The zero-order valence-corrected chi connectivity index (χ0v) is 8.73. The molecule has 0 saturated heterocycles. The van der Waals surface area contributed by atoms with Crippen LogP contribution in [-0.4, -0.2) is 4.57 Å². The molecule has 0 radical (unpaired) electrons. The first-order chi connectivity index (χ1) is 7.24. The summed E-state index contributed by atoms with van der Waals surface area (Å²) in [6, 6.07) is 7.35. The SMILES string of the molecule is CCCn1ccc2c(N)cccc2c1=O. The fourth-order valence-corrected chi connectivity index (χ4v) is 1.76. The number of aromatic nitrogens is 1. The van der Waals surface area contributed by atoms with Gasteiger partial charge in [-0.25, -0.2) is 0 Å². The van der Waals surface area contributed by atoms with Gasteiger partial charge in [0, 0.05) is 29.2 Å². The second-order valence-electron chi connectivity index (χ2n) is 3.62. The van der Waals surface area contributed by atoms with Crippen LogP contribution in [0.25, 0.3) is 10.8 Å². The van der Waals surface area contributed by atoms with Gasteiger partial charge in [0.15, 0.2) is 0 Å². The molecule has 0 saturated carbocycles. The molecule has 0 atom stereocenters. The van der Waals surface area contributed by atoms with Crippen molar-refractivity contribution in [2.24, 2.45) is 0 Å². The van der Waals surface area contributed by atoms with Crippen LogP contribution in [0.4, 0.5) is 5.69 Å². The van der Waals surface area contributed by atoms with E-state index in [1.54, 1.807) is 4.57 Å². The van der Waals surface area contributed by atoms with Gasteiger partial charge in [0.05, 0.1) is 0 Å². The maximum atomic E-state index is 12.0. The van der Waals surface area contributed by atoms with Crippen molar-refractivity contribution in [1.29, 1.82) is 0 Å². The lowest BCUT2D eigenvalue weighted by atomic mass is 10.1. The highest BCUT2D eigenvalue weighted by molar-refractivity contribution is 5.91. The Morgan fingerprint density at radius 1 is 1.27 bits per heavy atom. The first kappa shape index (κ1) is 9.77. The van der Waals surface area contributed by atoms with Crippen molar-refractivity contribution >= 4 is 16.5 Å². The molecule has 78 valence electrons. The first-order valence-electron chi connectivity index (χ1n) is 5.11. The number of rotatable bonds is 2. The second kappa shape index (κ2) is 3.77. The molecule has 1 heterocycles. The predicted molar refractivity (Wildman–Crippen MR) is 62.9 cm³/mol. The van der Waals surface area contributed by atoms with Crippen molar-refractivity contribution in [2.75, 3.05) is 5.73 Å². The molecule has 0 aliphatic heterocycles. The molecular weight excluding hydrogens is 188 g/mol. The normalized spacial score (nSPS) is 10.7. The molecule has 0 bridgehead atoms. The van der Waals surface area contributed by atoms with Gasteiger partial charge in [0.25, 0.3) is 5.56 Å². The molecule has 1 aromatic heterocycles. The van der Waals surface area contributed by atoms with E-state index in [1.165, 1.54) is 0 Å². The van der Waals surface area contributed by atoms with E-state index >= 15 is 0 Å². The fraction of sp³-hybridized carbons (Fsp3) is 0.250. The highest BCUT2D eigenvalue weighted by Gasteiger charge is 2.03. The van der Waals surface area contributed by atoms with E-state index in [0.717, 1.165) is 18.4 Å². The minimum Gasteiger partial charge on any atom is -0.398 e. The smallest absolute Gasteiger partial charge is 0.258 e. The molecule has 2 aromatic rings. The summed E-state index contributed by atoms with van der Waals surface area (Å²) in [6.07, 6.45) is 2.76. The minimum absolute atomic E-state index is 0.0432. The van der Waals surface area contributed by atoms with Crippen LogP contribution >= 0.6 is 0 Å². The molecule has 15 heavy (non-hydrogen) atoms. The van der Waals surface area contributed by atoms with E-state index in [2.05, 4.69) is 6.92 Å². The summed E-state index contributed by atoms with van der Waals surface area (Å²) in [7, 11) is 0. The summed E-state index contributed by atoms with van der Waals surface area (Å²) in [5.74, 6) is 0. The van der Waals surface area contributed by atoms with Gasteiger partial charge in [-0.3, -0.25) is 4.79 Å². The number of anilines is 1. The number of aryl methyl sites for hydroxylation is 1. The highest BCUT2D eigenvalue weighted by atomic mass is 16.1. The topological polar surface area (TPSA) is 48.0 Å². The van der Waals surface area contributed by atoms with Crippen molar-refractivity contribution < 1.29 is 0 Å². The maximum Gasteiger partial charge on any atom is 0.258 e. The van der Waals surface area contributed by atoms with Crippen molar-refractivity contribution in [2.45, 2.75) is 19.9 Å². The third kappa shape index (κ3) is 1.61. The molecule has 0 unspecified atom stereocenters. The Balaban J connectivity index is 2.75. The van der Waals surface area contributed by atoms with Gasteiger partial charge >= 0.3 is 0 Å². The molecule has 3 heteroatoms. The number of nitrogens with zero attached hydrogens (tertiary/aromatic N) is 1. The number of benzene rings is 1. The molecule has 0 aliphatic rings.